The molecule has 0 spiro atoms. The fourth-order valence-corrected chi connectivity index (χ4v) is 3.11. The number of aliphatic carboxylic acids is 2. The van der Waals surface area contributed by atoms with E-state index in [2.05, 4.69) is 20.3 Å². The summed E-state index contributed by atoms with van der Waals surface area (Å²) in [5.41, 5.74) is -1.07. The van der Waals surface area contributed by atoms with Crippen molar-refractivity contribution in [2.24, 2.45) is 4.99 Å². The molecule has 0 amide bonds. The third-order valence-corrected chi connectivity index (χ3v) is 4.67. The number of nitrogens with one attached hydrogen (secondary N) is 2. The molecular formula is C16H25BiN6O7S. The Labute approximate surface area is 201 Å². The molecule has 0 bridgehead atoms. The van der Waals surface area contributed by atoms with E-state index in [0.29, 0.717) is 11.5 Å². The van der Waals surface area contributed by atoms with E-state index in [9.17, 15) is 19.5 Å². The van der Waals surface area contributed by atoms with Gasteiger partial charge in [-0.05, 0) is 6.92 Å². The third-order valence-electron chi connectivity index (χ3n) is 3.72. The van der Waals surface area contributed by atoms with Crippen molar-refractivity contribution in [2.45, 2.75) is 31.1 Å². The number of aromatic nitrogens is 2. The number of hydrogen-bond acceptors (Lipinski definition) is 9. The van der Waals surface area contributed by atoms with E-state index in [1.165, 1.54) is 18.8 Å². The topological polar surface area (TPSA) is 201 Å². The number of hydrogen-bond donors (Lipinski definition) is 5. The van der Waals surface area contributed by atoms with Gasteiger partial charge in [0.05, 0.1) is 31.4 Å². The number of guanidine groups is 1. The van der Waals surface area contributed by atoms with Crippen LogP contribution in [0.2, 0.25) is 0 Å². The fourth-order valence-electron chi connectivity index (χ4n) is 2.18. The van der Waals surface area contributed by atoms with Crippen molar-refractivity contribution in [3.63, 3.8) is 0 Å². The van der Waals surface area contributed by atoms with Crippen LogP contribution in [0.5, 0.6) is 0 Å². The zero-order valence-electron chi connectivity index (χ0n) is 17.0. The first-order valence-electron chi connectivity index (χ1n) is 8.47. The average Bonchev–Trinajstić information content (AvgIpc) is 3.06. The van der Waals surface area contributed by atoms with Gasteiger partial charge >= 0.3 is 44.1 Å². The first-order chi connectivity index (χ1) is 14.1. The van der Waals surface area contributed by atoms with Crippen molar-refractivity contribution in [3.8, 4) is 6.19 Å². The number of imidazole rings is 1. The molecule has 0 aliphatic carbocycles. The number of carboxylic acids is 2. The minimum atomic E-state index is -2.84. The monoisotopic (exact) mass is 654 g/mol. The van der Waals surface area contributed by atoms with Crippen molar-refractivity contribution in [2.75, 3.05) is 19.3 Å². The van der Waals surface area contributed by atoms with Gasteiger partial charge < -0.3 is 25.1 Å². The van der Waals surface area contributed by atoms with Crippen molar-refractivity contribution in [1.82, 2.24) is 20.3 Å². The van der Waals surface area contributed by atoms with Gasteiger partial charge in [-0.25, -0.2) is 14.6 Å². The first-order valence-corrected chi connectivity index (χ1v) is 9.62. The van der Waals surface area contributed by atoms with Crippen LogP contribution in [0.25, 0.3) is 0 Å². The van der Waals surface area contributed by atoms with Gasteiger partial charge in [-0.2, -0.15) is 22.1 Å². The van der Waals surface area contributed by atoms with Crippen LogP contribution in [0.1, 0.15) is 24.2 Å². The van der Waals surface area contributed by atoms with Crippen LogP contribution in [0.4, 0.5) is 0 Å². The summed E-state index contributed by atoms with van der Waals surface area (Å²) in [5.74, 6) is -3.84. The van der Waals surface area contributed by atoms with Crippen LogP contribution in [-0.4, -0.2) is 105 Å². The molecule has 15 heteroatoms. The molecule has 0 saturated carbocycles. The molecule has 5 N–H and O–H groups in total. The van der Waals surface area contributed by atoms with Crippen LogP contribution in [0.3, 0.4) is 0 Å². The van der Waals surface area contributed by atoms with Gasteiger partial charge in [0.25, 0.3) is 0 Å². The SMILES string of the molecule is CN=C(NC#N)N(CCSCc1nc[nH]c1C)OC(=O)CC(O)(CC(=O)O)C(=O)O.[BiH3]. The van der Waals surface area contributed by atoms with Crippen molar-refractivity contribution in [3.05, 3.63) is 17.7 Å². The second-order valence-corrected chi connectivity index (χ2v) is 7.07. The molecule has 0 aliphatic rings. The molecule has 0 radical (unpaired) electrons. The zero-order valence-corrected chi connectivity index (χ0v) is 23.3. The molecule has 1 atom stereocenters. The molecule has 0 aliphatic heterocycles. The number of aryl methyl sites for hydroxylation is 1. The second kappa shape index (κ2) is 13.8. The fraction of sp³-hybridized carbons (Fsp3) is 0.500. The Bertz CT molecular complexity index is 843. The molecule has 1 rings (SSSR count). The van der Waals surface area contributed by atoms with Crippen LogP contribution >= 0.6 is 11.8 Å². The predicted molar refractivity (Wildman–Crippen MR) is 114 cm³/mol. The maximum atomic E-state index is 12.2. The average molecular weight is 654 g/mol. The van der Waals surface area contributed by atoms with Crippen molar-refractivity contribution < 1.29 is 34.5 Å². The summed E-state index contributed by atoms with van der Waals surface area (Å²) in [7, 11) is 1.33. The van der Waals surface area contributed by atoms with Gasteiger partial charge in [0.1, 0.15) is 0 Å². The number of nitrogens with zero attached hydrogens (tertiary/aromatic N) is 4. The Morgan fingerprint density at radius 3 is 2.58 bits per heavy atom. The third kappa shape index (κ3) is 9.50. The molecular weight excluding hydrogens is 629 g/mol. The predicted octanol–water partition coefficient (Wildman–Crippen LogP) is -1.74. The van der Waals surface area contributed by atoms with E-state index in [1.807, 2.05) is 6.92 Å². The van der Waals surface area contributed by atoms with Crippen LogP contribution in [0, 0.1) is 18.4 Å². The number of aromatic amines is 1. The number of carboxylic acid groups (broad SMARTS) is 2. The Kier molecular flexibility index (Phi) is 12.7. The number of aliphatic hydroxyl groups is 1. The molecule has 1 unspecified atom stereocenters. The summed E-state index contributed by atoms with van der Waals surface area (Å²) >= 11 is 1.45. The number of carbonyl (C=O) groups is 3. The molecule has 0 fully saturated rings. The summed E-state index contributed by atoms with van der Waals surface area (Å²) in [6, 6.07) is 0. The summed E-state index contributed by atoms with van der Waals surface area (Å²) in [4.78, 5) is 50.1. The Morgan fingerprint density at radius 2 is 2.10 bits per heavy atom. The molecule has 31 heavy (non-hydrogen) atoms. The number of rotatable bonds is 10. The minimum absolute atomic E-state index is 0. The number of thioether (sulfide) groups is 1. The van der Waals surface area contributed by atoms with Gasteiger partial charge in [-0.15, -0.1) is 0 Å². The summed E-state index contributed by atoms with van der Waals surface area (Å²) in [6.07, 6.45) is 0.888. The zero-order chi connectivity index (χ0) is 22.7. The first kappa shape index (κ1) is 28.6. The van der Waals surface area contributed by atoms with E-state index in [4.69, 9.17) is 20.3 Å². The van der Waals surface area contributed by atoms with Crippen LogP contribution in [-0.2, 0) is 25.0 Å². The van der Waals surface area contributed by atoms with E-state index in [0.717, 1.165) is 16.5 Å². The Balaban J connectivity index is 0.00000900. The number of aliphatic imine (C=N–C) groups is 1. The van der Waals surface area contributed by atoms with Gasteiger partial charge in [0, 0.05) is 24.2 Å². The standard InChI is InChI=1S/C16H22N6O7S.Bi.3H/c1-10-11(21-9-20-10)7-30-4-3-22(15(18-2)19-8-17)29-13(25)6-16(28,14(26)27)5-12(23)24;;;;/h9,28H,3-7H2,1-2H3,(H,18,19)(H,20,21)(H,23,24)(H,26,27);;;;. The second-order valence-electron chi connectivity index (χ2n) is 5.96. The van der Waals surface area contributed by atoms with E-state index in [1.54, 1.807) is 12.5 Å². The summed E-state index contributed by atoms with van der Waals surface area (Å²) < 4.78 is 0. The van der Waals surface area contributed by atoms with Crippen molar-refractivity contribution >= 4 is 61.8 Å². The molecule has 13 nitrogen and oxygen atoms in total. The van der Waals surface area contributed by atoms with E-state index in [-0.39, 0.29) is 38.7 Å². The molecule has 0 aromatic carbocycles. The van der Waals surface area contributed by atoms with Crippen LogP contribution < -0.4 is 5.32 Å². The molecule has 1 aromatic rings. The van der Waals surface area contributed by atoms with E-state index >= 15 is 0 Å². The summed E-state index contributed by atoms with van der Waals surface area (Å²) in [5, 5.41) is 39.8. The number of nitriles is 1. The molecule has 1 aromatic heterocycles. The van der Waals surface area contributed by atoms with Gasteiger partial charge in [0.2, 0.25) is 5.96 Å². The Morgan fingerprint density at radius 1 is 1.42 bits per heavy atom. The number of H-pyrrole nitrogens is 1. The number of hydroxylamine groups is 2. The van der Waals surface area contributed by atoms with E-state index < -0.39 is 36.4 Å². The van der Waals surface area contributed by atoms with Gasteiger partial charge in [0.15, 0.2) is 11.8 Å². The molecule has 1 heterocycles. The Hall–Kier alpha value is -2.43. The maximum absolute atomic E-state index is 12.2. The van der Waals surface area contributed by atoms with Crippen molar-refractivity contribution in [1.29, 1.82) is 5.26 Å². The normalized spacial score (nSPS) is 12.6. The summed E-state index contributed by atoms with van der Waals surface area (Å²) in [6.45, 7) is 1.93. The van der Waals surface area contributed by atoms with Gasteiger partial charge in [-0.3, -0.25) is 15.1 Å². The number of carbonyl (C=O) groups excluding carboxylic acids is 1. The molecule has 0 saturated heterocycles. The van der Waals surface area contributed by atoms with Crippen LogP contribution in [0.15, 0.2) is 11.3 Å². The quantitative estimate of drug-likeness (QED) is 0.0364. The molecule has 172 valence electrons. The van der Waals surface area contributed by atoms with Gasteiger partial charge in [-0.1, -0.05) is 0 Å².